The van der Waals surface area contributed by atoms with E-state index in [-0.39, 0.29) is 5.69 Å². The van der Waals surface area contributed by atoms with Gasteiger partial charge in [-0.2, -0.15) is 0 Å². The van der Waals surface area contributed by atoms with Gasteiger partial charge < -0.3 is 9.47 Å². The minimum Gasteiger partial charge on any atom is -0.346 e. The highest BCUT2D eigenvalue weighted by Crippen LogP contribution is 2.31. The third-order valence-corrected chi connectivity index (χ3v) is 3.87. The van der Waals surface area contributed by atoms with Gasteiger partial charge in [0.15, 0.2) is 5.79 Å². The van der Waals surface area contributed by atoms with Crippen molar-refractivity contribution in [1.29, 1.82) is 0 Å². The first-order valence-corrected chi connectivity index (χ1v) is 7.00. The van der Waals surface area contributed by atoms with Crippen LogP contribution in [0.5, 0.6) is 0 Å². The number of non-ortho nitro benzene ring substituents is 1. The van der Waals surface area contributed by atoms with Crippen molar-refractivity contribution in [2.75, 3.05) is 26.3 Å². The van der Waals surface area contributed by atoms with Crippen LogP contribution in [0.4, 0.5) is 10.1 Å². The van der Waals surface area contributed by atoms with Gasteiger partial charge in [-0.25, -0.2) is 4.39 Å². The van der Waals surface area contributed by atoms with Gasteiger partial charge in [-0.3, -0.25) is 15.0 Å². The Labute approximate surface area is 121 Å². The SMILES string of the molecule is O=[N+]([O-])c1cc(F)cc(CN2CCCC3(C2)OCCO3)c1. The number of nitro benzene ring substituents is 1. The molecule has 0 bridgehead atoms. The molecule has 1 aromatic carbocycles. The second-order valence-corrected chi connectivity index (χ2v) is 5.50. The van der Waals surface area contributed by atoms with Crippen molar-refractivity contribution in [3.8, 4) is 0 Å². The lowest BCUT2D eigenvalue weighted by molar-refractivity contribution is -0.385. The van der Waals surface area contributed by atoms with Gasteiger partial charge in [0.25, 0.3) is 5.69 Å². The zero-order chi connectivity index (χ0) is 14.9. The third-order valence-electron chi connectivity index (χ3n) is 3.87. The summed E-state index contributed by atoms with van der Waals surface area (Å²) in [5.41, 5.74) is 0.377. The molecule has 2 fully saturated rings. The molecule has 0 atom stereocenters. The fraction of sp³-hybridized carbons (Fsp3) is 0.571. The Hall–Kier alpha value is -1.57. The Balaban J connectivity index is 1.72. The molecular weight excluding hydrogens is 279 g/mol. The van der Waals surface area contributed by atoms with E-state index < -0.39 is 16.5 Å². The maximum absolute atomic E-state index is 13.5. The Morgan fingerprint density at radius 1 is 1.33 bits per heavy atom. The molecule has 2 heterocycles. The van der Waals surface area contributed by atoms with Gasteiger partial charge in [0.05, 0.1) is 30.7 Å². The van der Waals surface area contributed by atoms with Gasteiger partial charge in [0.2, 0.25) is 0 Å². The van der Waals surface area contributed by atoms with E-state index in [9.17, 15) is 14.5 Å². The molecule has 21 heavy (non-hydrogen) atoms. The highest BCUT2D eigenvalue weighted by molar-refractivity contribution is 5.35. The van der Waals surface area contributed by atoms with Crippen molar-refractivity contribution >= 4 is 5.69 Å². The molecule has 0 saturated carbocycles. The average molecular weight is 296 g/mol. The Bertz CT molecular complexity index is 546. The monoisotopic (exact) mass is 296 g/mol. The summed E-state index contributed by atoms with van der Waals surface area (Å²) < 4.78 is 24.8. The molecule has 0 N–H and O–H groups in total. The molecule has 1 aromatic rings. The molecule has 7 heteroatoms. The number of ether oxygens (including phenoxy) is 2. The number of halogens is 1. The molecule has 6 nitrogen and oxygen atoms in total. The lowest BCUT2D eigenvalue weighted by Gasteiger charge is -2.38. The topological polar surface area (TPSA) is 64.8 Å². The first kappa shape index (κ1) is 14.4. The summed E-state index contributed by atoms with van der Waals surface area (Å²) in [7, 11) is 0. The van der Waals surface area contributed by atoms with Crippen molar-refractivity contribution in [2.24, 2.45) is 0 Å². The molecule has 2 saturated heterocycles. The smallest absolute Gasteiger partial charge is 0.272 e. The quantitative estimate of drug-likeness (QED) is 0.631. The van der Waals surface area contributed by atoms with E-state index in [1.807, 2.05) is 0 Å². The minimum absolute atomic E-state index is 0.218. The molecule has 0 amide bonds. The van der Waals surface area contributed by atoms with Crippen LogP contribution in [-0.4, -0.2) is 41.9 Å². The highest BCUT2D eigenvalue weighted by atomic mass is 19.1. The van der Waals surface area contributed by atoms with Crippen LogP contribution >= 0.6 is 0 Å². The number of benzene rings is 1. The molecule has 3 rings (SSSR count). The summed E-state index contributed by atoms with van der Waals surface area (Å²) in [4.78, 5) is 12.3. The highest BCUT2D eigenvalue weighted by Gasteiger charge is 2.40. The van der Waals surface area contributed by atoms with Gasteiger partial charge in [-0.05, 0) is 24.6 Å². The molecule has 2 aliphatic rings. The third kappa shape index (κ3) is 3.20. The molecule has 0 unspecified atom stereocenters. The number of hydrogen-bond donors (Lipinski definition) is 0. The Morgan fingerprint density at radius 2 is 2.10 bits per heavy atom. The first-order chi connectivity index (χ1) is 10.1. The van der Waals surface area contributed by atoms with Crippen LogP contribution in [0.1, 0.15) is 18.4 Å². The van der Waals surface area contributed by atoms with E-state index in [0.717, 1.165) is 25.5 Å². The summed E-state index contributed by atoms with van der Waals surface area (Å²) in [6.45, 7) is 3.10. The van der Waals surface area contributed by atoms with Crippen molar-refractivity contribution in [3.63, 3.8) is 0 Å². The summed E-state index contributed by atoms with van der Waals surface area (Å²) in [6.07, 6.45) is 1.78. The van der Waals surface area contributed by atoms with Crippen molar-refractivity contribution in [2.45, 2.75) is 25.2 Å². The van der Waals surface area contributed by atoms with Crippen molar-refractivity contribution in [3.05, 3.63) is 39.7 Å². The van der Waals surface area contributed by atoms with E-state index in [0.29, 0.717) is 31.9 Å². The maximum Gasteiger partial charge on any atom is 0.272 e. The van der Waals surface area contributed by atoms with Crippen LogP contribution in [0.3, 0.4) is 0 Å². The largest absolute Gasteiger partial charge is 0.346 e. The number of piperidine rings is 1. The zero-order valence-corrected chi connectivity index (χ0v) is 11.6. The molecule has 114 valence electrons. The van der Waals surface area contributed by atoms with Crippen LogP contribution < -0.4 is 0 Å². The van der Waals surface area contributed by atoms with Crippen LogP contribution in [-0.2, 0) is 16.0 Å². The number of likely N-dealkylation sites (tertiary alicyclic amines) is 1. The number of nitrogens with zero attached hydrogens (tertiary/aromatic N) is 2. The second kappa shape index (κ2) is 5.67. The molecule has 2 aliphatic heterocycles. The predicted octanol–water partition coefficient (Wildman–Crippen LogP) is 2.07. The van der Waals surface area contributed by atoms with E-state index in [1.165, 1.54) is 12.1 Å². The van der Waals surface area contributed by atoms with E-state index in [4.69, 9.17) is 9.47 Å². The lowest BCUT2D eigenvalue weighted by Crippen LogP contribution is -2.48. The van der Waals surface area contributed by atoms with Gasteiger partial charge in [-0.1, -0.05) is 0 Å². The molecule has 0 aliphatic carbocycles. The molecule has 0 aromatic heterocycles. The van der Waals surface area contributed by atoms with Crippen molar-refractivity contribution < 1.29 is 18.8 Å². The molecule has 1 spiro atoms. The maximum atomic E-state index is 13.5. The van der Waals surface area contributed by atoms with Gasteiger partial charge in [-0.15, -0.1) is 0 Å². The number of nitro groups is 1. The van der Waals surface area contributed by atoms with Crippen LogP contribution in [0, 0.1) is 15.9 Å². The normalized spacial score (nSPS) is 21.8. The average Bonchev–Trinajstić information content (AvgIpc) is 2.86. The zero-order valence-electron chi connectivity index (χ0n) is 11.6. The molecular formula is C14H17FN2O4. The summed E-state index contributed by atoms with van der Waals surface area (Å²) in [6, 6.07) is 3.69. The standard InChI is InChI=1S/C14H17FN2O4/c15-12-6-11(7-13(8-12)17(18)19)9-16-3-1-2-14(10-16)20-4-5-21-14/h6-8H,1-5,9-10H2. The van der Waals surface area contributed by atoms with Gasteiger partial charge in [0.1, 0.15) is 5.82 Å². The van der Waals surface area contributed by atoms with E-state index in [2.05, 4.69) is 4.90 Å². The summed E-state index contributed by atoms with van der Waals surface area (Å²) in [5.74, 6) is -1.13. The fourth-order valence-corrected chi connectivity index (χ4v) is 3.03. The van der Waals surface area contributed by atoms with Gasteiger partial charge in [0, 0.05) is 19.0 Å². The first-order valence-electron chi connectivity index (χ1n) is 7.00. The minimum atomic E-state index is -0.584. The van der Waals surface area contributed by atoms with E-state index in [1.54, 1.807) is 0 Å². The Kier molecular flexibility index (Phi) is 3.88. The summed E-state index contributed by atoms with van der Waals surface area (Å²) >= 11 is 0. The lowest BCUT2D eigenvalue weighted by atomic mass is 10.0. The fourth-order valence-electron chi connectivity index (χ4n) is 3.03. The van der Waals surface area contributed by atoms with Gasteiger partial charge >= 0.3 is 0 Å². The Morgan fingerprint density at radius 3 is 2.81 bits per heavy atom. The summed E-state index contributed by atoms with van der Waals surface area (Å²) in [5, 5.41) is 10.8. The van der Waals surface area contributed by atoms with Crippen LogP contribution in [0.2, 0.25) is 0 Å². The second-order valence-electron chi connectivity index (χ2n) is 5.50. The van der Waals surface area contributed by atoms with Crippen molar-refractivity contribution in [1.82, 2.24) is 4.90 Å². The molecule has 0 radical (unpaired) electrons. The van der Waals surface area contributed by atoms with E-state index >= 15 is 0 Å². The number of hydrogen-bond acceptors (Lipinski definition) is 5. The van der Waals surface area contributed by atoms with Crippen LogP contribution in [0.25, 0.3) is 0 Å². The van der Waals surface area contributed by atoms with Crippen LogP contribution in [0.15, 0.2) is 18.2 Å². The number of rotatable bonds is 3. The predicted molar refractivity (Wildman–Crippen MR) is 72.2 cm³/mol.